The van der Waals surface area contributed by atoms with E-state index < -0.39 is 10.0 Å². The molecule has 0 aromatic heterocycles. The Labute approximate surface area is 109 Å². The molecule has 1 rings (SSSR count). The van der Waals surface area contributed by atoms with Crippen molar-refractivity contribution in [1.29, 1.82) is 0 Å². The van der Waals surface area contributed by atoms with Crippen LogP contribution in [0.1, 0.15) is 39.5 Å². The fourth-order valence-corrected chi connectivity index (χ4v) is 2.90. The van der Waals surface area contributed by atoms with E-state index in [9.17, 15) is 8.42 Å². The lowest BCUT2D eigenvalue weighted by molar-refractivity contribution is 0.328. The van der Waals surface area contributed by atoms with Gasteiger partial charge in [0.1, 0.15) is 0 Å². The predicted molar refractivity (Wildman–Crippen MR) is 72.8 cm³/mol. The van der Waals surface area contributed by atoms with E-state index in [4.69, 9.17) is 0 Å². The third kappa shape index (κ3) is 4.84. The summed E-state index contributed by atoms with van der Waals surface area (Å²) in [4.78, 5) is 4.08. The average molecular weight is 276 g/mol. The first-order valence-electron chi connectivity index (χ1n) is 6.01. The molecule has 6 heteroatoms. The van der Waals surface area contributed by atoms with Gasteiger partial charge in [-0.25, -0.2) is 18.1 Å². The molecule has 1 aliphatic carbocycles. The van der Waals surface area contributed by atoms with Gasteiger partial charge in [-0.3, -0.25) is 0 Å². The van der Waals surface area contributed by atoms with Crippen LogP contribution in [0, 0.1) is 5.92 Å². The Morgan fingerprint density at radius 1 is 1.35 bits per heavy atom. The Morgan fingerprint density at radius 3 is 2.41 bits per heavy atom. The minimum atomic E-state index is -3.12. The summed E-state index contributed by atoms with van der Waals surface area (Å²) < 4.78 is 25.9. The van der Waals surface area contributed by atoms with Crippen molar-refractivity contribution in [2.75, 3.05) is 6.54 Å². The van der Waals surface area contributed by atoms with Gasteiger partial charge < -0.3 is 0 Å². The topological polar surface area (TPSA) is 58.5 Å². The molecule has 0 amide bonds. The Bertz CT molecular complexity index is 378. The van der Waals surface area contributed by atoms with Gasteiger partial charge in [0.15, 0.2) is 0 Å². The highest BCUT2D eigenvalue weighted by molar-refractivity contribution is 7.90. The molecule has 98 valence electrons. The van der Waals surface area contributed by atoms with Crippen LogP contribution < -0.4 is 4.72 Å². The molecule has 0 bridgehead atoms. The van der Waals surface area contributed by atoms with Crippen LogP contribution in [0.2, 0.25) is 0 Å². The Hall–Kier alpha value is -0.290. The number of hydrogen-bond donors (Lipinski definition) is 1. The van der Waals surface area contributed by atoms with Gasteiger partial charge in [0, 0.05) is 6.54 Å². The summed E-state index contributed by atoms with van der Waals surface area (Å²) in [6, 6.07) is 0.297. The van der Waals surface area contributed by atoms with E-state index in [1.165, 1.54) is 0 Å². The van der Waals surface area contributed by atoms with Gasteiger partial charge in [-0.15, -0.1) is 0 Å². The Kier molecular flexibility index (Phi) is 5.73. The second-order valence-corrected chi connectivity index (χ2v) is 7.34. The molecule has 0 aromatic rings. The largest absolute Gasteiger partial charge is 0.229 e. The highest BCUT2D eigenvalue weighted by atomic mass is 32.2. The van der Waals surface area contributed by atoms with E-state index in [1.807, 2.05) is 0 Å². The van der Waals surface area contributed by atoms with Crippen LogP contribution in [0.3, 0.4) is 0 Å². The quantitative estimate of drug-likeness (QED) is 0.617. The normalized spacial score (nSPS) is 25.6. The molecule has 0 aromatic carbocycles. The smallest absolute Gasteiger partial charge is 0.213 e. The van der Waals surface area contributed by atoms with Gasteiger partial charge in [-0.05, 0) is 57.7 Å². The number of hydrogen-bond acceptors (Lipinski definition) is 4. The maximum Gasteiger partial charge on any atom is 0.213 e. The predicted octanol–water partition coefficient (Wildman–Crippen LogP) is 1.98. The van der Waals surface area contributed by atoms with E-state index in [-0.39, 0.29) is 5.25 Å². The molecule has 0 radical (unpaired) electrons. The molecule has 1 N–H and O–H groups in total. The lowest BCUT2D eigenvalue weighted by Gasteiger charge is -2.25. The lowest BCUT2D eigenvalue weighted by atomic mass is 9.86. The third-order valence-electron chi connectivity index (χ3n) is 3.25. The molecule has 0 heterocycles. The molecule has 4 nitrogen and oxygen atoms in total. The number of rotatable bonds is 5. The monoisotopic (exact) mass is 276 g/mol. The fraction of sp³-hybridized carbons (Fsp3) is 0.909. The first kappa shape index (κ1) is 14.8. The average Bonchev–Trinajstić information content (AvgIpc) is 2.28. The highest BCUT2D eigenvalue weighted by Crippen LogP contribution is 2.25. The molecule has 0 spiro atoms. The fourth-order valence-electron chi connectivity index (χ4n) is 1.95. The van der Waals surface area contributed by atoms with Crippen LogP contribution in [-0.4, -0.2) is 31.4 Å². The zero-order valence-electron chi connectivity index (χ0n) is 10.3. The summed E-state index contributed by atoms with van der Waals surface area (Å²) in [6.45, 7) is 3.93. The number of nitrogens with one attached hydrogen (secondary N) is 1. The second-order valence-electron chi connectivity index (χ2n) is 4.84. The summed E-state index contributed by atoms with van der Waals surface area (Å²) in [6.07, 6.45) is 3.98. The van der Waals surface area contributed by atoms with Crippen molar-refractivity contribution in [3.05, 3.63) is 0 Å². The molecule has 1 saturated carbocycles. The summed E-state index contributed by atoms with van der Waals surface area (Å²) in [5, 5.41) is 2.06. The SMILES string of the molecule is CC(C)S(=O)(=O)NCC1CCC(N=C=S)CC1. The van der Waals surface area contributed by atoms with Gasteiger partial charge >= 0.3 is 0 Å². The molecular formula is C11H20N2O2S2. The first-order valence-corrected chi connectivity index (χ1v) is 7.96. The van der Waals surface area contributed by atoms with Crippen LogP contribution in [0.25, 0.3) is 0 Å². The molecule has 17 heavy (non-hydrogen) atoms. The van der Waals surface area contributed by atoms with Crippen molar-refractivity contribution in [3.8, 4) is 0 Å². The molecule has 0 aliphatic heterocycles. The van der Waals surface area contributed by atoms with E-state index >= 15 is 0 Å². The maximum absolute atomic E-state index is 11.6. The van der Waals surface area contributed by atoms with Crippen molar-refractivity contribution < 1.29 is 8.42 Å². The second kappa shape index (κ2) is 6.59. The van der Waals surface area contributed by atoms with Gasteiger partial charge in [0.25, 0.3) is 0 Å². The van der Waals surface area contributed by atoms with Crippen LogP contribution >= 0.6 is 12.2 Å². The number of isothiocyanates is 1. The van der Waals surface area contributed by atoms with Gasteiger partial charge in [0.2, 0.25) is 10.0 Å². The van der Waals surface area contributed by atoms with Crippen molar-refractivity contribution in [2.24, 2.45) is 10.9 Å². The standard InChI is InChI=1S/C11H20N2O2S2/c1-9(2)17(14,15)13-7-10-3-5-11(6-4-10)12-8-16/h9-11,13H,3-7H2,1-2H3. The molecule has 0 unspecified atom stereocenters. The molecule has 0 saturated heterocycles. The van der Waals surface area contributed by atoms with Crippen molar-refractivity contribution in [1.82, 2.24) is 4.72 Å². The van der Waals surface area contributed by atoms with Crippen molar-refractivity contribution in [2.45, 2.75) is 50.8 Å². The molecular weight excluding hydrogens is 256 g/mol. The third-order valence-corrected chi connectivity index (χ3v) is 5.16. The van der Waals surface area contributed by atoms with Crippen molar-refractivity contribution in [3.63, 3.8) is 0 Å². The van der Waals surface area contributed by atoms with E-state index in [2.05, 4.69) is 27.1 Å². The highest BCUT2D eigenvalue weighted by Gasteiger charge is 2.23. The molecule has 1 fully saturated rings. The minimum absolute atomic E-state index is 0.297. The first-order chi connectivity index (χ1) is 7.95. The summed E-state index contributed by atoms with van der Waals surface area (Å²) in [5.74, 6) is 0.431. The summed E-state index contributed by atoms with van der Waals surface area (Å²) >= 11 is 4.58. The number of sulfonamides is 1. The molecule has 1 aliphatic rings. The van der Waals surface area contributed by atoms with Gasteiger partial charge in [-0.1, -0.05) is 0 Å². The van der Waals surface area contributed by atoms with Crippen LogP contribution in [-0.2, 0) is 10.0 Å². The number of nitrogens with zero attached hydrogens (tertiary/aromatic N) is 1. The minimum Gasteiger partial charge on any atom is -0.229 e. The van der Waals surface area contributed by atoms with Crippen LogP contribution in [0.4, 0.5) is 0 Å². The summed E-state index contributed by atoms with van der Waals surface area (Å²) in [7, 11) is -3.12. The van der Waals surface area contributed by atoms with Gasteiger partial charge in [0.05, 0.1) is 16.5 Å². The zero-order chi connectivity index (χ0) is 12.9. The lowest BCUT2D eigenvalue weighted by Crippen LogP contribution is -2.35. The van der Waals surface area contributed by atoms with Crippen molar-refractivity contribution >= 4 is 27.4 Å². The maximum atomic E-state index is 11.6. The van der Waals surface area contributed by atoms with Crippen LogP contribution in [0.15, 0.2) is 4.99 Å². The van der Waals surface area contributed by atoms with E-state index in [1.54, 1.807) is 13.8 Å². The Balaban J connectivity index is 2.34. The van der Waals surface area contributed by atoms with Gasteiger partial charge in [-0.2, -0.15) is 0 Å². The Morgan fingerprint density at radius 2 is 1.94 bits per heavy atom. The van der Waals surface area contributed by atoms with E-state index in [0.717, 1.165) is 25.7 Å². The number of thiocarbonyl (C=S) groups is 1. The summed E-state index contributed by atoms with van der Waals surface area (Å²) in [5.41, 5.74) is 0. The number of aliphatic imine (C=N–C) groups is 1. The zero-order valence-corrected chi connectivity index (χ0v) is 12.0. The van der Waals surface area contributed by atoms with Crippen LogP contribution in [0.5, 0.6) is 0 Å². The molecule has 0 atom stereocenters. The van der Waals surface area contributed by atoms with E-state index in [0.29, 0.717) is 18.5 Å².